The van der Waals surface area contributed by atoms with E-state index in [-0.39, 0.29) is 0 Å². The number of rotatable bonds is 5. The van der Waals surface area contributed by atoms with E-state index in [9.17, 15) is 0 Å². The van der Waals surface area contributed by atoms with Crippen LogP contribution in [0.4, 0.5) is 5.95 Å². The Balaban J connectivity index is 1.69. The second kappa shape index (κ2) is 7.33. The average molecular weight is 363 g/mol. The van der Waals surface area contributed by atoms with Crippen molar-refractivity contribution in [3.05, 3.63) is 78.0 Å². The number of nitrogens with zero attached hydrogens (tertiary/aromatic N) is 4. The molecular weight excluding hydrogens is 348 g/mol. The van der Waals surface area contributed by atoms with Crippen LogP contribution in [0.5, 0.6) is 0 Å². The number of nitrogens with one attached hydrogen (secondary N) is 2. The molecular formula is C19H15ClN6. The van der Waals surface area contributed by atoms with Gasteiger partial charge in [-0.05, 0) is 29.8 Å². The molecule has 7 heteroatoms. The molecule has 0 atom stereocenters. The van der Waals surface area contributed by atoms with Gasteiger partial charge in [-0.2, -0.15) is 0 Å². The minimum atomic E-state index is 0.544. The van der Waals surface area contributed by atoms with Crippen molar-refractivity contribution < 1.29 is 0 Å². The Morgan fingerprint density at radius 3 is 2.50 bits per heavy atom. The van der Waals surface area contributed by atoms with Crippen molar-refractivity contribution in [2.75, 3.05) is 5.32 Å². The lowest BCUT2D eigenvalue weighted by Crippen LogP contribution is -2.05. The summed E-state index contributed by atoms with van der Waals surface area (Å²) in [6.07, 6.45) is 8.77. The Hall–Kier alpha value is -3.25. The molecule has 0 aliphatic heterocycles. The number of anilines is 1. The predicted octanol–water partition coefficient (Wildman–Crippen LogP) is 4.19. The van der Waals surface area contributed by atoms with E-state index in [1.807, 2.05) is 36.4 Å². The van der Waals surface area contributed by atoms with Crippen molar-refractivity contribution >= 4 is 17.5 Å². The molecule has 6 nitrogen and oxygen atoms in total. The Labute approximate surface area is 155 Å². The first-order valence-corrected chi connectivity index (χ1v) is 8.43. The molecule has 3 aromatic heterocycles. The summed E-state index contributed by atoms with van der Waals surface area (Å²) in [5.41, 5.74) is 3.65. The zero-order valence-electron chi connectivity index (χ0n) is 13.7. The molecule has 4 rings (SSSR count). The zero-order chi connectivity index (χ0) is 17.8. The van der Waals surface area contributed by atoms with Crippen LogP contribution in [0, 0.1) is 0 Å². The van der Waals surface area contributed by atoms with Crippen molar-refractivity contribution in [1.82, 2.24) is 24.9 Å². The fourth-order valence-corrected chi connectivity index (χ4v) is 2.69. The van der Waals surface area contributed by atoms with E-state index in [1.54, 1.807) is 31.0 Å². The van der Waals surface area contributed by atoms with E-state index in [4.69, 9.17) is 16.6 Å². The van der Waals surface area contributed by atoms with Gasteiger partial charge in [0, 0.05) is 48.1 Å². The van der Waals surface area contributed by atoms with Gasteiger partial charge in [-0.15, -0.1) is 0 Å². The van der Waals surface area contributed by atoms with Gasteiger partial charge in [0.2, 0.25) is 5.95 Å². The molecule has 26 heavy (non-hydrogen) atoms. The Kier molecular flexibility index (Phi) is 4.57. The van der Waals surface area contributed by atoms with E-state index >= 15 is 0 Å². The molecule has 0 radical (unpaired) electrons. The molecule has 0 saturated heterocycles. The first-order chi connectivity index (χ1) is 12.8. The van der Waals surface area contributed by atoms with Gasteiger partial charge < -0.3 is 10.3 Å². The summed E-state index contributed by atoms with van der Waals surface area (Å²) in [4.78, 5) is 20.6. The highest BCUT2D eigenvalue weighted by Gasteiger charge is 2.13. The summed E-state index contributed by atoms with van der Waals surface area (Å²) in [5.74, 6) is 1.26. The maximum atomic E-state index is 6.02. The van der Waals surface area contributed by atoms with E-state index in [1.165, 1.54) is 0 Å². The van der Waals surface area contributed by atoms with Gasteiger partial charge in [0.15, 0.2) is 0 Å². The van der Waals surface area contributed by atoms with Crippen LogP contribution in [0.1, 0.15) is 5.56 Å². The second-order valence-electron chi connectivity index (χ2n) is 5.61. The van der Waals surface area contributed by atoms with Gasteiger partial charge in [0.25, 0.3) is 0 Å². The van der Waals surface area contributed by atoms with Gasteiger partial charge in [0.05, 0.1) is 11.3 Å². The molecule has 0 aliphatic carbocycles. The van der Waals surface area contributed by atoms with Gasteiger partial charge in [-0.25, -0.2) is 15.0 Å². The molecule has 2 N–H and O–H groups in total. The lowest BCUT2D eigenvalue weighted by atomic mass is 10.1. The second-order valence-corrected chi connectivity index (χ2v) is 6.05. The number of imidazole rings is 1. The van der Waals surface area contributed by atoms with E-state index < -0.39 is 0 Å². The van der Waals surface area contributed by atoms with Crippen molar-refractivity contribution in [3.8, 4) is 22.6 Å². The molecule has 4 aromatic rings. The molecule has 1 aromatic carbocycles. The fraction of sp³-hybridized carbons (Fsp3) is 0.0526. The highest BCUT2D eigenvalue weighted by atomic mass is 35.5. The van der Waals surface area contributed by atoms with Crippen LogP contribution in [-0.4, -0.2) is 24.9 Å². The molecule has 0 bridgehead atoms. The lowest BCUT2D eigenvalue weighted by Gasteiger charge is -2.10. The first kappa shape index (κ1) is 16.2. The molecule has 0 aliphatic rings. The standard InChI is InChI=1S/C19H15ClN6/c20-15-3-1-14(2-4-15)17-16(18-22-9-10-23-18)12-25-19(26-17)24-11-13-5-7-21-8-6-13/h1-10,12H,11H2,(H,22,23)(H,24,25,26). The molecule has 0 saturated carbocycles. The number of halogens is 1. The van der Waals surface area contributed by atoms with Crippen molar-refractivity contribution in [3.63, 3.8) is 0 Å². The zero-order valence-corrected chi connectivity index (χ0v) is 14.5. The van der Waals surface area contributed by atoms with E-state index in [0.29, 0.717) is 17.5 Å². The normalized spacial score (nSPS) is 10.7. The van der Waals surface area contributed by atoms with Gasteiger partial charge in [0.1, 0.15) is 5.82 Å². The van der Waals surface area contributed by atoms with Crippen LogP contribution in [-0.2, 0) is 6.54 Å². The number of H-pyrrole nitrogens is 1. The largest absolute Gasteiger partial charge is 0.350 e. The number of aromatic amines is 1. The molecule has 128 valence electrons. The van der Waals surface area contributed by atoms with Gasteiger partial charge >= 0.3 is 0 Å². The third kappa shape index (κ3) is 3.55. The number of aromatic nitrogens is 5. The predicted molar refractivity (Wildman–Crippen MR) is 102 cm³/mol. The van der Waals surface area contributed by atoms with Gasteiger partial charge in [-0.1, -0.05) is 23.7 Å². The number of hydrogen-bond donors (Lipinski definition) is 2. The van der Waals surface area contributed by atoms with Crippen LogP contribution >= 0.6 is 11.6 Å². The fourth-order valence-electron chi connectivity index (χ4n) is 2.56. The van der Waals surface area contributed by atoms with Crippen LogP contribution in [0.15, 0.2) is 67.4 Å². The lowest BCUT2D eigenvalue weighted by molar-refractivity contribution is 1.05. The molecule has 0 amide bonds. The topological polar surface area (TPSA) is 79.4 Å². The molecule has 0 unspecified atom stereocenters. The average Bonchev–Trinajstić information content (AvgIpc) is 3.22. The quantitative estimate of drug-likeness (QED) is 0.556. The van der Waals surface area contributed by atoms with Crippen LogP contribution in [0.2, 0.25) is 5.02 Å². The monoisotopic (exact) mass is 362 g/mol. The summed E-state index contributed by atoms with van der Waals surface area (Å²) < 4.78 is 0. The SMILES string of the molecule is Clc1ccc(-c2nc(NCc3ccncc3)ncc2-c2ncc[nH]2)cc1. The number of pyridine rings is 1. The summed E-state index contributed by atoms with van der Waals surface area (Å²) in [5, 5.41) is 3.93. The van der Waals surface area contributed by atoms with Crippen LogP contribution < -0.4 is 5.32 Å². The third-order valence-corrected chi connectivity index (χ3v) is 4.11. The van der Waals surface area contributed by atoms with Crippen molar-refractivity contribution in [2.24, 2.45) is 0 Å². The summed E-state index contributed by atoms with van der Waals surface area (Å²) in [6, 6.07) is 11.5. The maximum absolute atomic E-state index is 6.02. The summed E-state index contributed by atoms with van der Waals surface area (Å²) in [6.45, 7) is 0.614. The summed E-state index contributed by atoms with van der Waals surface area (Å²) >= 11 is 6.02. The minimum absolute atomic E-state index is 0.544. The Morgan fingerprint density at radius 1 is 0.962 bits per heavy atom. The third-order valence-electron chi connectivity index (χ3n) is 3.86. The first-order valence-electron chi connectivity index (χ1n) is 8.05. The van der Waals surface area contributed by atoms with Crippen LogP contribution in [0.3, 0.4) is 0 Å². The van der Waals surface area contributed by atoms with E-state index in [2.05, 4.69) is 25.3 Å². The highest BCUT2D eigenvalue weighted by molar-refractivity contribution is 6.30. The number of hydrogen-bond acceptors (Lipinski definition) is 5. The number of benzene rings is 1. The van der Waals surface area contributed by atoms with E-state index in [0.717, 1.165) is 28.2 Å². The minimum Gasteiger partial charge on any atom is -0.350 e. The molecule has 3 heterocycles. The van der Waals surface area contributed by atoms with Crippen molar-refractivity contribution in [2.45, 2.75) is 6.54 Å². The molecule has 0 spiro atoms. The maximum Gasteiger partial charge on any atom is 0.223 e. The van der Waals surface area contributed by atoms with Crippen molar-refractivity contribution in [1.29, 1.82) is 0 Å². The summed E-state index contributed by atoms with van der Waals surface area (Å²) in [7, 11) is 0. The van der Waals surface area contributed by atoms with Gasteiger partial charge in [-0.3, -0.25) is 4.98 Å². The Bertz CT molecular complexity index is 984. The highest BCUT2D eigenvalue weighted by Crippen LogP contribution is 2.29. The smallest absolute Gasteiger partial charge is 0.223 e. The Morgan fingerprint density at radius 2 is 1.77 bits per heavy atom. The molecule has 0 fully saturated rings. The van der Waals surface area contributed by atoms with Crippen LogP contribution in [0.25, 0.3) is 22.6 Å².